The molecule has 1 rings (SSSR count). The third kappa shape index (κ3) is 4.57. The summed E-state index contributed by atoms with van der Waals surface area (Å²) in [6.45, 7) is 3.60. The molecule has 1 heterocycles. The van der Waals surface area contributed by atoms with E-state index in [0.29, 0.717) is 0 Å². The molecule has 0 saturated carbocycles. The normalized spacial score (nSPS) is 13.4. The second-order valence-corrected chi connectivity index (χ2v) is 4.57. The molecule has 0 fully saturated rings. The first-order valence-electron chi connectivity index (χ1n) is 6.06. The van der Waals surface area contributed by atoms with E-state index in [0.717, 1.165) is 5.56 Å². The van der Waals surface area contributed by atoms with Crippen molar-refractivity contribution in [3.05, 3.63) is 30.1 Å². The number of carboxylic acid groups (broad SMARTS) is 1. The molecule has 0 aliphatic carbocycles. The highest BCUT2D eigenvalue weighted by Gasteiger charge is 2.18. The summed E-state index contributed by atoms with van der Waals surface area (Å²) >= 11 is 0. The highest BCUT2D eigenvalue weighted by atomic mass is 16.4. The average Bonchev–Trinajstić information content (AvgIpc) is 2.39. The maximum Gasteiger partial charge on any atom is 0.317 e. The number of carboxylic acids is 1. The van der Waals surface area contributed by atoms with Crippen molar-refractivity contribution in [1.82, 2.24) is 15.2 Å². The fraction of sp³-hybridized carbons (Fsp3) is 0.462. The number of urea groups is 1. The Labute approximate surface area is 112 Å². The first kappa shape index (κ1) is 14.9. The molecule has 2 atom stereocenters. The number of rotatable bonds is 5. The lowest BCUT2D eigenvalue weighted by molar-refractivity contribution is -0.141. The number of pyridine rings is 1. The average molecular weight is 265 g/mol. The predicted molar refractivity (Wildman–Crippen MR) is 70.6 cm³/mol. The standard InChI is InChI=1S/C13H19N3O3/c1-9(12(17)18)8-16(3)13(19)15-10(2)11-4-6-14-7-5-11/h4-7,9-10H,8H2,1-3H3,(H,15,19)(H,17,18). The van der Waals surface area contributed by atoms with Crippen LogP contribution < -0.4 is 5.32 Å². The number of nitrogens with zero attached hydrogens (tertiary/aromatic N) is 2. The van der Waals surface area contributed by atoms with E-state index >= 15 is 0 Å². The van der Waals surface area contributed by atoms with Crippen LogP contribution in [0.1, 0.15) is 25.5 Å². The van der Waals surface area contributed by atoms with Crippen molar-refractivity contribution in [3.8, 4) is 0 Å². The molecule has 2 amide bonds. The highest BCUT2D eigenvalue weighted by molar-refractivity contribution is 5.76. The molecule has 0 aliphatic rings. The van der Waals surface area contributed by atoms with Gasteiger partial charge in [0.1, 0.15) is 0 Å². The van der Waals surface area contributed by atoms with E-state index in [4.69, 9.17) is 5.11 Å². The zero-order valence-electron chi connectivity index (χ0n) is 11.3. The van der Waals surface area contributed by atoms with E-state index in [1.807, 2.05) is 19.1 Å². The van der Waals surface area contributed by atoms with Gasteiger partial charge in [-0.1, -0.05) is 6.92 Å². The van der Waals surface area contributed by atoms with Crippen molar-refractivity contribution >= 4 is 12.0 Å². The number of carbonyl (C=O) groups is 2. The molecule has 19 heavy (non-hydrogen) atoms. The van der Waals surface area contributed by atoms with Gasteiger partial charge in [-0.25, -0.2) is 4.79 Å². The molecular formula is C13H19N3O3. The monoisotopic (exact) mass is 265 g/mol. The molecule has 0 aromatic carbocycles. The van der Waals surface area contributed by atoms with E-state index in [1.165, 1.54) is 4.90 Å². The smallest absolute Gasteiger partial charge is 0.317 e. The third-order valence-corrected chi connectivity index (χ3v) is 2.86. The number of amides is 2. The molecule has 0 bridgehead atoms. The lowest BCUT2D eigenvalue weighted by Gasteiger charge is -2.23. The van der Waals surface area contributed by atoms with Gasteiger partial charge < -0.3 is 15.3 Å². The second kappa shape index (κ2) is 6.72. The lowest BCUT2D eigenvalue weighted by atomic mass is 10.1. The van der Waals surface area contributed by atoms with Crippen LogP contribution in [0.5, 0.6) is 0 Å². The summed E-state index contributed by atoms with van der Waals surface area (Å²) < 4.78 is 0. The van der Waals surface area contributed by atoms with E-state index in [2.05, 4.69) is 10.3 Å². The molecule has 0 saturated heterocycles. The molecule has 1 aromatic rings. The van der Waals surface area contributed by atoms with Gasteiger partial charge in [-0.05, 0) is 24.6 Å². The largest absolute Gasteiger partial charge is 0.481 e. The number of aliphatic carboxylic acids is 1. The number of aromatic nitrogens is 1. The van der Waals surface area contributed by atoms with Gasteiger partial charge in [0.25, 0.3) is 0 Å². The van der Waals surface area contributed by atoms with E-state index in [9.17, 15) is 9.59 Å². The minimum absolute atomic E-state index is 0.155. The van der Waals surface area contributed by atoms with Crippen LogP contribution in [0.4, 0.5) is 4.79 Å². The zero-order chi connectivity index (χ0) is 14.4. The van der Waals surface area contributed by atoms with Gasteiger partial charge in [0.15, 0.2) is 0 Å². The molecule has 1 aromatic heterocycles. The van der Waals surface area contributed by atoms with E-state index < -0.39 is 11.9 Å². The summed E-state index contributed by atoms with van der Waals surface area (Å²) in [6, 6.07) is 3.20. The Morgan fingerprint density at radius 2 is 1.95 bits per heavy atom. The zero-order valence-corrected chi connectivity index (χ0v) is 11.3. The van der Waals surface area contributed by atoms with Gasteiger partial charge in [0.2, 0.25) is 0 Å². The van der Waals surface area contributed by atoms with Crippen molar-refractivity contribution in [1.29, 1.82) is 0 Å². The Morgan fingerprint density at radius 1 is 1.37 bits per heavy atom. The van der Waals surface area contributed by atoms with Crippen molar-refractivity contribution in [2.75, 3.05) is 13.6 Å². The van der Waals surface area contributed by atoms with Crippen LogP contribution in [0.25, 0.3) is 0 Å². The number of hydrogen-bond donors (Lipinski definition) is 2. The lowest BCUT2D eigenvalue weighted by Crippen LogP contribution is -2.41. The number of carbonyl (C=O) groups excluding carboxylic acids is 1. The SMILES string of the molecule is CC(CN(C)C(=O)NC(C)c1ccncc1)C(=O)O. The van der Waals surface area contributed by atoms with Gasteiger partial charge in [-0.3, -0.25) is 9.78 Å². The van der Waals surface area contributed by atoms with Crippen LogP contribution in [0.2, 0.25) is 0 Å². The predicted octanol–water partition coefficient (Wildman–Crippen LogP) is 1.50. The summed E-state index contributed by atoms with van der Waals surface area (Å²) in [5.41, 5.74) is 0.947. The van der Waals surface area contributed by atoms with Gasteiger partial charge in [0.05, 0.1) is 12.0 Å². The molecule has 0 spiro atoms. The van der Waals surface area contributed by atoms with Gasteiger partial charge in [-0.15, -0.1) is 0 Å². The van der Waals surface area contributed by atoms with Gasteiger partial charge in [0, 0.05) is 26.0 Å². The van der Waals surface area contributed by atoms with Crippen LogP contribution in [0.3, 0.4) is 0 Å². The van der Waals surface area contributed by atoms with E-state index in [1.54, 1.807) is 26.4 Å². The highest BCUT2D eigenvalue weighted by Crippen LogP contribution is 2.10. The Hall–Kier alpha value is -2.11. The molecule has 0 aliphatic heterocycles. The summed E-state index contributed by atoms with van der Waals surface area (Å²) in [4.78, 5) is 27.9. The van der Waals surface area contributed by atoms with Crippen LogP contribution in [0, 0.1) is 5.92 Å². The number of hydrogen-bond acceptors (Lipinski definition) is 3. The first-order chi connectivity index (χ1) is 8.91. The summed E-state index contributed by atoms with van der Waals surface area (Å²) in [5, 5.41) is 11.6. The van der Waals surface area contributed by atoms with Gasteiger partial charge in [-0.2, -0.15) is 0 Å². The Kier molecular flexibility index (Phi) is 5.29. The van der Waals surface area contributed by atoms with Crippen molar-refractivity contribution < 1.29 is 14.7 Å². The third-order valence-electron chi connectivity index (χ3n) is 2.86. The minimum atomic E-state index is -0.915. The fourth-order valence-corrected chi connectivity index (χ4v) is 1.60. The summed E-state index contributed by atoms with van der Waals surface area (Å²) in [6.07, 6.45) is 3.32. The van der Waals surface area contributed by atoms with Gasteiger partial charge >= 0.3 is 12.0 Å². The molecule has 2 N–H and O–H groups in total. The van der Waals surface area contributed by atoms with Crippen molar-refractivity contribution in [2.24, 2.45) is 5.92 Å². The summed E-state index contributed by atoms with van der Waals surface area (Å²) in [5.74, 6) is -1.51. The number of nitrogens with one attached hydrogen (secondary N) is 1. The Bertz CT molecular complexity index is 436. The first-order valence-corrected chi connectivity index (χ1v) is 6.06. The van der Waals surface area contributed by atoms with Crippen molar-refractivity contribution in [3.63, 3.8) is 0 Å². The Morgan fingerprint density at radius 3 is 2.47 bits per heavy atom. The topological polar surface area (TPSA) is 82.5 Å². The van der Waals surface area contributed by atoms with Crippen molar-refractivity contribution in [2.45, 2.75) is 19.9 Å². The molecular weight excluding hydrogens is 246 g/mol. The summed E-state index contributed by atoms with van der Waals surface area (Å²) in [7, 11) is 1.58. The van der Waals surface area contributed by atoms with Crippen LogP contribution in [-0.4, -0.2) is 40.6 Å². The molecule has 0 radical (unpaired) electrons. The molecule has 2 unspecified atom stereocenters. The molecule has 6 nitrogen and oxygen atoms in total. The van der Waals surface area contributed by atoms with Crippen LogP contribution in [0.15, 0.2) is 24.5 Å². The fourth-order valence-electron chi connectivity index (χ4n) is 1.60. The molecule has 6 heteroatoms. The van der Waals surface area contributed by atoms with Crippen LogP contribution >= 0.6 is 0 Å². The maximum absolute atomic E-state index is 11.9. The molecule has 104 valence electrons. The van der Waals surface area contributed by atoms with Crippen LogP contribution in [-0.2, 0) is 4.79 Å². The quantitative estimate of drug-likeness (QED) is 0.845. The minimum Gasteiger partial charge on any atom is -0.481 e. The maximum atomic E-state index is 11.9. The van der Waals surface area contributed by atoms with E-state index in [-0.39, 0.29) is 18.6 Å². The Balaban J connectivity index is 2.53. The second-order valence-electron chi connectivity index (χ2n) is 4.57.